The van der Waals surface area contributed by atoms with Crippen molar-refractivity contribution in [2.45, 2.75) is 6.92 Å². The Morgan fingerprint density at radius 2 is 0.343 bits per heavy atom. The lowest BCUT2D eigenvalue weighted by atomic mass is 10.9. The minimum absolute atomic E-state index is 0. The molecule has 28 heteroatoms. The van der Waals surface area contributed by atoms with Crippen LogP contribution in [0, 0.1) is 0 Å². The first kappa shape index (κ1) is 112. The van der Waals surface area contributed by atoms with Crippen LogP contribution in [0.3, 0.4) is 0 Å². The van der Waals surface area contributed by atoms with Crippen molar-refractivity contribution in [2.75, 3.05) is 40.9 Å². The highest BCUT2D eigenvalue weighted by Gasteiger charge is 1.41. The summed E-state index contributed by atoms with van der Waals surface area (Å²) in [7, 11) is -5.33. The Morgan fingerprint density at radius 1 is 0.343 bits per heavy atom. The van der Waals surface area contributed by atoms with Gasteiger partial charge in [-0.05, 0) is 6.92 Å². The molecule has 0 heterocycles. The van der Waals surface area contributed by atoms with Crippen molar-refractivity contribution in [1.82, 2.24) is 0 Å². The average Bonchev–Trinajstić information content (AvgIpc) is 2.62. The van der Waals surface area contributed by atoms with Crippen molar-refractivity contribution < 1.29 is 122 Å². The van der Waals surface area contributed by atoms with E-state index in [-0.39, 0.29) is 39.5 Å². The van der Waals surface area contributed by atoms with Crippen LogP contribution in [0.1, 0.15) is 6.92 Å². The Labute approximate surface area is 210 Å². The van der Waals surface area contributed by atoms with Crippen LogP contribution in [0.15, 0.2) is 0 Å². The van der Waals surface area contributed by atoms with Crippen LogP contribution in [0.2, 0.25) is 0 Å². The van der Waals surface area contributed by atoms with Crippen molar-refractivity contribution in [3.05, 3.63) is 0 Å². The number of rotatable bonds is 0. The fourth-order valence-corrected chi connectivity index (χ4v) is 0. The van der Waals surface area contributed by atoms with E-state index in [0.29, 0.717) is 0 Å². The number of hydrogen-bond acceptors (Lipinski definition) is 18. The standard InChI is InChI=1S/C2H6O.4CH4O2.CH4O.4H4O2Si.6H2O/c1-2-3;4*2-1-3;1-2;4*1-3-2;;;;;;/h3H,2H2,1H3;4*2-3H,1H2;2H,1H3;4*1-2H,3H2;6*1H2. The van der Waals surface area contributed by atoms with E-state index < -0.39 is 67.2 Å². The van der Waals surface area contributed by atoms with Gasteiger partial charge in [-0.1, -0.05) is 0 Å². The lowest BCUT2D eigenvalue weighted by molar-refractivity contribution is 0.0767. The molecule has 35 heavy (non-hydrogen) atoms. The van der Waals surface area contributed by atoms with Gasteiger partial charge >= 0.3 is 0 Å². The van der Waals surface area contributed by atoms with E-state index in [0.717, 1.165) is 7.11 Å². The zero-order valence-corrected chi connectivity index (χ0v) is 25.1. The lowest BCUT2D eigenvalue weighted by Gasteiger charge is -1.55. The van der Waals surface area contributed by atoms with Gasteiger partial charge in [-0.3, -0.25) is 0 Å². The summed E-state index contributed by atoms with van der Waals surface area (Å²) >= 11 is 0. The number of aliphatic hydroxyl groups is 10. The first-order valence-corrected chi connectivity index (χ1v) is 11.6. The van der Waals surface area contributed by atoms with E-state index in [2.05, 4.69) is 0 Å². The summed E-state index contributed by atoms with van der Waals surface area (Å²) in [6, 6.07) is 0. The molecule has 24 nitrogen and oxygen atoms in total. The van der Waals surface area contributed by atoms with Gasteiger partial charge in [0, 0.05) is 13.7 Å². The number of hydrogen-bond donors (Lipinski definition) is 18. The molecule has 0 spiro atoms. The van der Waals surface area contributed by atoms with Gasteiger partial charge in [0.2, 0.25) is 0 Å². The summed E-state index contributed by atoms with van der Waals surface area (Å²) in [5.41, 5.74) is 0. The third kappa shape index (κ3) is 4040000. The molecule has 0 unspecified atom stereocenters. The maximum atomic E-state index is 7.57. The fraction of sp³-hybridized carbons (Fsp3) is 1.00. The van der Waals surface area contributed by atoms with E-state index in [9.17, 15) is 0 Å². The maximum absolute atomic E-state index is 7.57. The molecule has 0 radical (unpaired) electrons. The summed E-state index contributed by atoms with van der Waals surface area (Å²) in [6.07, 6.45) is 0. The Hall–Kier alpha value is -0.0925. The van der Waals surface area contributed by atoms with Crippen molar-refractivity contribution in [1.29, 1.82) is 0 Å². The molecule has 0 aliphatic rings. The number of aliphatic hydroxyl groups excluding tert-OH is 6. The van der Waals surface area contributed by atoms with E-state index in [1.807, 2.05) is 0 Å². The lowest BCUT2D eigenvalue weighted by Crippen LogP contribution is -1.75. The third-order valence-electron chi connectivity index (χ3n) is 0. The van der Waals surface area contributed by atoms with Crippen LogP contribution in [0.25, 0.3) is 0 Å². The summed E-state index contributed by atoms with van der Waals surface area (Å²) in [5.74, 6) is 0. The van der Waals surface area contributed by atoms with Crippen molar-refractivity contribution in [3.63, 3.8) is 0 Å². The van der Waals surface area contributed by atoms with Crippen LogP contribution in [-0.2, 0) is 0 Å². The molecule has 30 N–H and O–H groups in total. The molecule has 0 rings (SSSR count). The van der Waals surface area contributed by atoms with Gasteiger partial charge in [-0.15, -0.1) is 0 Å². The highest BCUT2D eigenvalue weighted by molar-refractivity contribution is 6.14. The smallest absolute Gasteiger partial charge is 0.299 e. The van der Waals surface area contributed by atoms with Gasteiger partial charge in [0.1, 0.15) is 27.2 Å². The van der Waals surface area contributed by atoms with E-state index in [1.165, 1.54) is 0 Å². The molecule has 0 bridgehead atoms. The quantitative estimate of drug-likeness (QED) is 0.0867. The minimum atomic E-state index is -1.58. The molecule has 0 saturated heterocycles. The van der Waals surface area contributed by atoms with Crippen molar-refractivity contribution >= 4 is 40.0 Å². The highest BCUT2D eigenvalue weighted by Crippen LogP contribution is 1.30. The van der Waals surface area contributed by atoms with Gasteiger partial charge in [0.15, 0.2) is 0 Å². The monoisotopic (exact) mass is 634 g/mol. The molecule has 242 valence electrons. The highest BCUT2D eigenvalue weighted by atomic mass is 28.3. The molecule has 0 aliphatic carbocycles. The molecule has 0 aliphatic heterocycles. The maximum Gasteiger partial charge on any atom is 0.299 e. The van der Waals surface area contributed by atoms with Crippen LogP contribution in [-0.4, -0.2) is 203 Å². The predicted octanol–water partition coefficient (Wildman–Crippen LogP) is -17.7. The van der Waals surface area contributed by atoms with E-state index in [1.54, 1.807) is 6.92 Å². The molecule has 0 saturated carbocycles. The Kier molecular flexibility index (Phi) is 1480. The van der Waals surface area contributed by atoms with Gasteiger partial charge in [0.05, 0.1) is 0 Å². The molecule has 0 amide bonds. The Bertz CT molecular complexity index is 70.4. The largest absolute Gasteiger partial charge is 0.415 e. The van der Waals surface area contributed by atoms with Gasteiger partial charge in [0.25, 0.3) is 40.0 Å². The molecule has 0 atom stereocenters. The molecule has 0 aromatic carbocycles. The first-order valence-electron chi connectivity index (χ1n) is 6.53. The molecule has 0 fully saturated rings. The minimum Gasteiger partial charge on any atom is -0.415 e. The predicted molar refractivity (Wildman–Crippen MR) is 132 cm³/mol. The molecule has 0 aromatic rings. The zero-order chi connectivity index (χ0) is 26.4. The third-order valence-corrected chi connectivity index (χ3v) is 0. The van der Waals surface area contributed by atoms with E-state index >= 15 is 0 Å². The van der Waals surface area contributed by atoms with Gasteiger partial charge < -0.3 is 122 Å². The second-order valence-corrected chi connectivity index (χ2v) is 2.58. The first-order chi connectivity index (χ1) is 13.7. The van der Waals surface area contributed by atoms with Crippen LogP contribution in [0.4, 0.5) is 0 Å². The van der Waals surface area contributed by atoms with Crippen molar-refractivity contribution in [3.8, 4) is 0 Å². The SMILES string of the molecule is CCO.CO.O.O.O.O.O.O.OCO.OCO.OCO.OCO.O[SiH2]O.O[SiH2]O.O[SiH2]O.O[SiH2]O. The van der Waals surface area contributed by atoms with Gasteiger partial charge in [-0.2, -0.15) is 0 Å². The fourth-order valence-electron chi connectivity index (χ4n) is 0. The van der Waals surface area contributed by atoms with Crippen molar-refractivity contribution in [2.24, 2.45) is 0 Å². The topological polar surface area (TPSA) is 553 Å². The Balaban J connectivity index is -0.00000000805. The van der Waals surface area contributed by atoms with Crippen LogP contribution in [0.5, 0.6) is 0 Å². The Morgan fingerprint density at radius 3 is 0.343 bits per heavy atom. The second-order valence-electron chi connectivity index (χ2n) is 1.45. The molecular formula is C7H54O24Si4. The van der Waals surface area contributed by atoms with Gasteiger partial charge in [-0.25, -0.2) is 0 Å². The average molecular weight is 635 g/mol. The summed E-state index contributed by atoms with van der Waals surface area (Å²) < 4.78 is 0. The summed E-state index contributed by atoms with van der Waals surface area (Å²) in [6.45, 7) is -1.07. The molecular weight excluding hydrogens is 580 g/mol. The normalized spacial score (nSPS) is 4.80. The van der Waals surface area contributed by atoms with Crippen LogP contribution >= 0.6 is 0 Å². The summed E-state index contributed by atoms with van der Waals surface area (Å²) in [4.78, 5) is 58.1. The second kappa shape index (κ2) is 463. The van der Waals surface area contributed by atoms with E-state index in [4.69, 9.17) is 89.4 Å². The molecule has 0 aromatic heterocycles. The zero-order valence-electron chi connectivity index (χ0n) is 19.4. The summed E-state index contributed by atoms with van der Waals surface area (Å²) in [5, 5.41) is 71.6. The van der Waals surface area contributed by atoms with Crippen LogP contribution < -0.4 is 0 Å².